The molecular formula is C24H22F6O6. The van der Waals surface area contributed by atoms with Gasteiger partial charge >= 0.3 is 24.7 Å². The maximum absolute atomic E-state index is 11.9. The number of rotatable bonds is 6. The Kier molecular flexibility index (Phi) is 8.05. The summed E-state index contributed by atoms with van der Waals surface area (Å²) < 4.78 is 88.4. The summed E-state index contributed by atoms with van der Waals surface area (Å²) >= 11 is 0. The molecular weight excluding hydrogens is 498 g/mol. The minimum atomic E-state index is -4.68. The molecule has 196 valence electrons. The fourth-order valence-corrected chi connectivity index (χ4v) is 3.78. The monoisotopic (exact) mass is 520 g/mol. The summed E-state index contributed by atoms with van der Waals surface area (Å²) in [5.41, 5.74) is 1.64. The quantitative estimate of drug-likeness (QED) is 0.358. The molecule has 0 aliphatic heterocycles. The number of alkyl halides is 6. The highest BCUT2D eigenvalue weighted by atomic mass is 19.4. The lowest BCUT2D eigenvalue weighted by Crippen LogP contribution is -2.17. The average Bonchev–Trinajstić information content (AvgIpc) is 3.71. The smallest absolute Gasteiger partial charge is 0.469 e. The van der Waals surface area contributed by atoms with Gasteiger partial charge in [-0.2, -0.15) is 0 Å². The Morgan fingerprint density at radius 2 is 0.944 bits per heavy atom. The SMILES string of the molecule is COC(=O)C1CC1c1ccc(OC(F)(F)F)cc1.COC(=O)C1CC1c1ccc(OC(F)(F)F)cc1. The predicted octanol–water partition coefficient (Wildman–Crippen LogP) is 5.72. The van der Waals surface area contributed by atoms with E-state index in [2.05, 4.69) is 18.9 Å². The van der Waals surface area contributed by atoms with Crippen molar-refractivity contribution in [2.75, 3.05) is 14.2 Å². The van der Waals surface area contributed by atoms with Crippen molar-refractivity contribution in [2.45, 2.75) is 37.4 Å². The minimum Gasteiger partial charge on any atom is -0.469 e. The van der Waals surface area contributed by atoms with Gasteiger partial charge in [-0.3, -0.25) is 9.59 Å². The lowest BCUT2D eigenvalue weighted by Gasteiger charge is -2.09. The molecule has 0 saturated heterocycles. The second-order valence-electron chi connectivity index (χ2n) is 8.18. The van der Waals surface area contributed by atoms with Gasteiger partial charge in [0, 0.05) is 0 Å². The Morgan fingerprint density at radius 1 is 0.639 bits per heavy atom. The molecule has 0 radical (unpaired) electrons. The van der Waals surface area contributed by atoms with Crippen LogP contribution in [0.4, 0.5) is 26.3 Å². The topological polar surface area (TPSA) is 71.1 Å². The van der Waals surface area contributed by atoms with E-state index in [-0.39, 0.29) is 47.1 Å². The van der Waals surface area contributed by atoms with Crippen LogP contribution in [0.25, 0.3) is 0 Å². The van der Waals surface area contributed by atoms with Crippen LogP contribution in [0, 0.1) is 11.8 Å². The second kappa shape index (κ2) is 10.7. The maximum Gasteiger partial charge on any atom is 0.573 e. The number of hydrogen-bond acceptors (Lipinski definition) is 6. The van der Waals surface area contributed by atoms with E-state index in [0.29, 0.717) is 12.8 Å². The molecule has 0 amide bonds. The Hall–Kier alpha value is -3.44. The number of hydrogen-bond donors (Lipinski definition) is 0. The van der Waals surface area contributed by atoms with Crippen LogP contribution in [0.2, 0.25) is 0 Å². The number of esters is 2. The first-order valence-corrected chi connectivity index (χ1v) is 10.7. The van der Waals surface area contributed by atoms with Gasteiger partial charge in [0.1, 0.15) is 11.5 Å². The Morgan fingerprint density at radius 3 is 1.19 bits per heavy atom. The van der Waals surface area contributed by atoms with Gasteiger partial charge in [0.2, 0.25) is 0 Å². The first kappa shape index (κ1) is 27.2. The zero-order valence-corrected chi connectivity index (χ0v) is 19.1. The van der Waals surface area contributed by atoms with Crippen LogP contribution in [0.5, 0.6) is 11.5 Å². The van der Waals surface area contributed by atoms with E-state index in [4.69, 9.17) is 0 Å². The Bertz CT molecular complexity index is 963. The molecule has 4 unspecified atom stereocenters. The van der Waals surface area contributed by atoms with Crippen molar-refractivity contribution >= 4 is 11.9 Å². The van der Waals surface area contributed by atoms with E-state index in [0.717, 1.165) is 11.1 Å². The number of carbonyl (C=O) groups excluding carboxylic acids is 2. The zero-order chi connectivity index (χ0) is 26.7. The van der Waals surface area contributed by atoms with Crippen LogP contribution in [-0.2, 0) is 19.1 Å². The summed E-state index contributed by atoms with van der Waals surface area (Å²) in [5, 5.41) is 0. The first-order valence-electron chi connectivity index (χ1n) is 10.7. The van der Waals surface area contributed by atoms with Crippen LogP contribution in [-0.4, -0.2) is 38.9 Å². The molecule has 2 fully saturated rings. The summed E-state index contributed by atoms with van der Waals surface area (Å²) in [7, 11) is 2.63. The van der Waals surface area contributed by atoms with E-state index in [1.165, 1.54) is 62.8 Å². The second-order valence-corrected chi connectivity index (χ2v) is 8.18. The van der Waals surface area contributed by atoms with Crippen molar-refractivity contribution in [1.82, 2.24) is 0 Å². The average molecular weight is 520 g/mol. The maximum atomic E-state index is 11.9. The molecule has 2 aliphatic rings. The standard InChI is InChI=1S/2C12H11F3O3/c2*1-17-11(16)10-6-9(10)7-2-4-8(5-3-7)18-12(13,14)15/h2*2-5,9-10H,6H2,1H3. The van der Waals surface area contributed by atoms with Gasteiger partial charge in [-0.05, 0) is 60.1 Å². The molecule has 6 nitrogen and oxygen atoms in total. The largest absolute Gasteiger partial charge is 0.573 e. The lowest BCUT2D eigenvalue weighted by atomic mass is 10.1. The molecule has 2 aliphatic carbocycles. The van der Waals surface area contributed by atoms with Crippen LogP contribution in [0.3, 0.4) is 0 Å². The molecule has 36 heavy (non-hydrogen) atoms. The van der Waals surface area contributed by atoms with Crippen molar-refractivity contribution in [2.24, 2.45) is 11.8 Å². The molecule has 0 heterocycles. The fourth-order valence-electron chi connectivity index (χ4n) is 3.78. The lowest BCUT2D eigenvalue weighted by molar-refractivity contribution is -0.275. The minimum absolute atomic E-state index is 0.0392. The third kappa shape index (κ3) is 7.79. The molecule has 2 aromatic carbocycles. The molecule has 2 aromatic rings. The Balaban J connectivity index is 0.000000201. The third-order valence-corrected chi connectivity index (χ3v) is 5.67. The zero-order valence-electron chi connectivity index (χ0n) is 19.1. The number of methoxy groups -OCH3 is 2. The predicted molar refractivity (Wildman–Crippen MR) is 112 cm³/mol. The number of halogens is 6. The van der Waals surface area contributed by atoms with Crippen LogP contribution in [0.15, 0.2) is 48.5 Å². The fraction of sp³-hybridized carbons (Fsp3) is 0.417. The summed E-state index contributed by atoms with van der Waals surface area (Å²) in [5.74, 6) is -1.36. The molecule has 0 aromatic heterocycles. The van der Waals surface area contributed by atoms with Gasteiger partial charge in [0.15, 0.2) is 0 Å². The Labute approximate surface area is 202 Å². The van der Waals surface area contributed by atoms with Crippen molar-refractivity contribution in [3.8, 4) is 11.5 Å². The van der Waals surface area contributed by atoms with Gasteiger partial charge in [-0.15, -0.1) is 26.3 Å². The van der Waals surface area contributed by atoms with Gasteiger partial charge < -0.3 is 18.9 Å². The van der Waals surface area contributed by atoms with Crippen LogP contribution >= 0.6 is 0 Å². The van der Waals surface area contributed by atoms with Gasteiger partial charge in [0.25, 0.3) is 0 Å². The summed E-state index contributed by atoms with van der Waals surface area (Å²) in [6, 6.07) is 11.1. The normalized spacial score (nSPS) is 22.4. The number of ether oxygens (including phenoxy) is 4. The highest BCUT2D eigenvalue weighted by molar-refractivity contribution is 5.77. The number of carbonyl (C=O) groups is 2. The van der Waals surface area contributed by atoms with Crippen molar-refractivity contribution in [3.63, 3.8) is 0 Å². The van der Waals surface area contributed by atoms with Crippen LogP contribution < -0.4 is 9.47 Å². The van der Waals surface area contributed by atoms with Crippen LogP contribution in [0.1, 0.15) is 35.8 Å². The van der Waals surface area contributed by atoms with Gasteiger partial charge in [-0.25, -0.2) is 0 Å². The molecule has 4 rings (SSSR count). The van der Waals surface area contributed by atoms with E-state index in [1.807, 2.05) is 0 Å². The highest BCUT2D eigenvalue weighted by Gasteiger charge is 2.45. The van der Waals surface area contributed by atoms with Crippen molar-refractivity contribution in [1.29, 1.82) is 0 Å². The molecule has 0 N–H and O–H groups in total. The molecule has 4 atom stereocenters. The highest BCUT2D eigenvalue weighted by Crippen LogP contribution is 2.49. The van der Waals surface area contributed by atoms with Crippen molar-refractivity contribution in [3.05, 3.63) is 59.7 Å². The summed E-state index contributed by atoms with van der Waals surface area (Å²) in [6.45, 7) is 0. The molecule has 2 saturated carbocycles. The van der Waals surface area contributed by atoms with E-state index < -0.39 is 12.7 Å². The third-order valence-electron chi connectivity index (χ3n) is 5.67. The summed E-state index contributed by atoms with van der Waals surface area (Å²) in [4.78, 5) is 22.4. The summed E-state index contributed by atoms with van der Waals surface area (Å²) in [6.07, 6.45) is -8.02. The molecule has 12 heteroatoms. The number of benzene rings is 2. The van der Waals surface area contributed by atoms with Crippen molar-refractivity contribution < 1.29 is 54.9 Å². The molecule has 0 bridgehead atoms. The molecule has 0 spiro atoms. The van der Waals surface area contributed by atoms with Gasteiger partial charge in [-0.1, -0.05) is 24.3 Å². The van der Waals surface area contributed by atoms with E-state index in [9.17, 15) is 35.9 Å². The first-order chi connectivity index (χ1) is 16.8. The van der Waals surface area contributed by atoms with Gasteiger partial charge in [0.05, 0.1) is 26.1 Å². The van der Waals surface area contributed by atoms with E-state index in [1.54, 1.807) is 0 Å². The van der Waals surface area contributed by atoms with E-state index >= 15 is 0 Å².